The molecule has 0 fully saturated rings. The Balaban J connectivity index is 2.21. The smallest absolute Gasteiger partial charge is 0.250 e. The van der Waals surface area contributed by atoms with Gasteiger partial charge < -0.3 is 30.0 Å². The van der Waals surface area contributed by atoms with Gasteiger partial charge in [0.05, 0.1) is 6.42 Å². The number of phenols is 5. The number of ketones is 2. The number of hydrogen-bond acceptors (Lipinski definition) is 8. The third-order valence-corrected chi connectivity index (χ3v) is 9.68. The van der Waals surface area contributed by atoms with Crippen LogP contribution >= 0.6 is 0 Å². The fraction of sp³-hybridized carbons (Fsp3) is 0.333. The normalized spacial score (nSPS) is 11.9. The van der Waals surface area contributed by atoms with Crippen molar-refractivity contribution in [2.24, 2.45) is 0 Å². The summed E-state index contributed by atoms with van der Waals surface area (Å²) in [5.41, 5.74) is -0.647. The summed E-state index contributed by atoms with van der Waals surface area (Å²) >= 11 is 0. The summed E-state index contributed by atoms with van der Waals surface area (Å²) in [7, 11) is -2.05. The predicted octanol–water partition coefficient (Wildman–Crippen LogP) is 4.05. The first-order chi connectivity index (χ1) is 13.7. The molecule has 2 rings (SSSR count). The highest BCUT2D eigenvalue weighted by Crippen LogP contribution is 2.51. The Morgan fingerprint density at radius 1 is 0.800 bits per heavy atom. The largest absolute Gasteiger partial charge is 0.544 e. The molecule has 5 N–H and O–H groups in total. The molecule has 0 bridgehead atoms. The Morgan fingerprint density at radius 3 is 1.67 bits per heavy atom. The second-order valence-electron chi connectivity index (χ2n) is 8.53. The zero-order valence-corrected chi connectivity index (χ0v) is 18.5. The fourth-order valence-corrected chi connectivity index (χ4v) is 3.47. The second-order valence-corrected chi connectivity index (χ2v) is 13.3. The number of phenolic OH excluding ortho intramolecular Hbond substituents is 5. The lowest BCUT2D eigenvalue weighted by atomic mass is 9.99. The maximum atomic E-state index is 12.5. The first kappa shape index (κ1) is 23.1. The number of aromatic hydroxyl groups is 5. The number of carbonyl (C=O) groups excluding carboxylic acids is 2. The van der Waals surface area contributed by atoms with Gasteiger partial charge in [0.25, 0.3) is 0 Å². The maximum absolute atomic E-state index is 12.5. The van der Waals surface area contributed by atoms with Gasteiger partial charge in [0.15, 0.2) is 23.1 Å². The molecule has 0 aliphatic carbocycles. The number of hydrogen-bond donors (Lipinski definition) is 5. The molecule has 0 heterocycles. The zero-order chi connectivity index (χ0) is 23.0. The van der Waals surface area contributed by atoms with Crippen molar-refractivity contribution in [3.8, 4) is 34.5 Å². The zero-order valence-electron chi connectivity index (χ0n) is 17.5. The lowest BCUT2D eigenvalue weighted by molar-refractivity contribution is 0.0890. The van der Waals surface area contributed by atoms with Crippen LogP contribution in [0.25, 0.3) is 0 Å². The maximum Gasteiger partial charge on any atom is 0.250 e. The summed E-state index contributed by atoms with van der Waals surface area (Å²) < 4.78 is 6.14. The molecule has 0 aromatic heterocycles. The lowest BCUT2D eigenvalue weighted by Crippen LogP contribution is -2.43. The van der Waals surface area contributed by atoms with E-state index >= 15 is 0 Å². The average molecular weight is 435 g/mol. The highest BCUT2D eigenvalue weighted by atomic mass is 28.4. The van der Waals surface area contributed by atoms with E-state index in [1.807, 2.05) is 0 Å². The van der Waals surface area contributed by atoms with Gasteiger partial charge in [0.2, 0.25) is 25.6 Å². The van der Waals surface area contributed by atoms with E-state index in [2.05, 4.69) is 33.9 Å². The van der Waals surface area contributed by atoms with Crippen molar-refractivity contribution in [2.75, 3.05) is 0 Å². The monoisotopic (exact) mass is 434 g/mol. The first-order valence-corrected chi connectivity index (χ1v) is 12.1. The van der Waals surface area contributed by atoms with Crippen molar-refractivity contribution in [1.29, 1.82) is 0 Å². The van der Waals surface area contributed by atoms with E-state index in [9.17, 15) is 35.1 Å². The van der Waals surface area contributed by atoms with Crippen LogP contribution in [0.4, 0.5) is 0 Å². The van der Waals surface area contributed by atoms with Crippen molar-refractivity contribution in [3.63, 3.8) is 0 Å². The number of carbonyl (C=O) groups is 2. The standard InChI is InChI=1S/C21H26O8Si/c1-21(2,3)30(4,5)29-12-8-6-11(7-9-12)13(22)10-14(23)15-16(24)18(26)20(28)19(27)17(15)25/h6-9,24-28H,10H2,1-5H3. The quantitative estimate of drug-likeness (QED) is 0.150. The third kappa shape index (κ3) is 4.35. The van der Waals surface area contributed by atoms with Crippen molar-refractivity contribution in [2.45, 2.75) is 45.3 Å². The lowest BCUT2D eigenvalue weighted by Gasteiger charge is -2.36. The van der Waals surface area contributed by atoms with Crippen molar-refractivity contribution >= 4 is 19.9 Å². The van der Waals surface area contributed by atoms with Crippen LogP contribution in [-0.4, -0.2) is 45.4 Å². The van der Waals surface area contributed by atoms with Crippen LogP contribution in [0, 0.1) is 0 Å². The van der Waals surface area contributed by atoms with Gasteiger partial charge in [-0.05, 0) is 42.4 Å². The summed E-state index contributed by atoms with van der Waals surface area (Å²) in [6.07, 6.45) is -0.743. The van der Waals surface area contributed by atoms with Gasteiger partial charge >= 0.3 is 0 Å². The Bertz CT molecular complexity index is 959. The van der Waals surface area contributed by atoms with Crippen molar-refractivity contribution in [3.05, 3.63) is 35.4 Å². The predicted molar refractivity (Wildman–Crippen MR) is 112 cm³/mol. The Kier molecular flexibility index (Phi) is 6.08. The van der Waals surface area contributed by atoms with Gasteiger partial charge in [0, 0.05) is 5.56 Å². The minimum atomic E-state index is -2.05. The van der Waals surface area contributed by atoms with Gasteiger partial charge in [-0.1, -0.05) is 20.8 Å². The molecule has 2 aromatic carbocycles. The molecule has 0 unspecified atom stereocenters. The molecular formula is C21H26O8Si. The van der Waals surface area contributed by atoms with Crippen LogP contribution in [0.2, 0.25) is 18.1 Å². The molecule has 0 saturated carbocycles. The topological polar surface area (TPSA) is 145 Å². The summed E-state index contributed by atoms with van der Waals surface area (Å²) in [4.78, 5) is 24.8. The molecular weight excluding hydrogens is 408 g/mol. The molecule has 0 aliphatic rings. The molecule has 0 radical (unpaired) electrons. The Hall–Kier alpha value is -3.20. The van der Waals surface area contributed by atoms with Crippen LogP contribution in [-0.2, 0) is 0 Å². The van der Waals surface area contributed by atoms with Crippen LogP contribution < -0.4 is 4.43 Å². The van der Waals surface area contributed by atoms with Crippen LogP contribution in [0.15, 0.2) is 24.3 Å². The van der Waals surface area contributed by atoms with Gasteiger partial charge in [-0.3, -0.25) is 9.59 Å². The van der Waals surface area contributed by atoms with E-state index in [-0.39, 0.29) is 10.6 Å². The number of Topliss-reactive ketones (excluding diaryl/α,β-unsaturated/α-hetero) is 2. The molecule has 9 heteroatoms. The molecule has 30 heavy (non-hydrogen) atoms. The van der Waals surface area contributed by atoms with Crippen molar-refractivity contribution in [1.82, 2.24) is 0 Å². The van der Waals surface area contributed by atoms with E-state index in [0.717, 1.165) is 0 Å². The highest BCUT2D eigenvalue weighted by molar-refractivity contribution is 6.74. The summed E-state index contributed by atoms with van der Waals surface area (Å²) in [5.74, 6) is -6.82. The molecule has 0 aliphatic heterocycles. The SMILES string of the molecule is CC(C)(C)[Si](C)(C)Oc1ccc(C(=O)CC(=O)c2c(O)c(O)c(O)c(O)c2O)cc1. The summed E-state index contributed by atoms with van der Waals surface area (Å²) in [6.45, 7) is 10.5. The summed E-state index contributed by atoms with van der Waals surface area (Å²) in [5, 5.41) is 48.1. The third-order valence-electron chi connectivity index (χ3n) is 5.33. The van der Waals surface area contributed by atoms with Crippen LogP contribution in [0.1, 0.15) is 47.9 Å². The van der Waals surface area contributed by atoms with Gasteiger partial charge in [-0.25, -0.2) is 0 Å². The minimum absolute atomic E-state index is 0.000842. The van der Waals surface area contributed by atoms with E-state index in [1.165, 1.54) is 12.1 Å². The van der Waals surface area contributed by atoms with Gasteiger partial charge in [-0.2, -0.15) is 0 Å². The van der Waals surface area contributed by atoms with Crippen LogP contribution in [0.5, 0.6) is 34.5 Å². The Labute approximate surface area is 175 Å². The van der Waals surface area contributed by atoms with Gasteiger partial charge in [0.1, 0.15) is 11.3 Å². The minimum Gasteiger partial charge on any atom is -0.544 e. The molecule has 0 spiro atoms. The van der Waals surface area contributed by atoms with Crippen LogP contribution in [0.3, 0.4) is 0 Å². The van der Waals surface area contributed by atoms with E-state index in [1.54, 1.807) is 12.1 Å². The van der Waals surface area contributed by atoms with Gasteiger partial charge in [-0.15, -0.1) is 0 Å². The second kappa shape index (κ2) is 7.90. The molecule has 0 saturated heterocycles. The molecule has 0 amide bonds. The van der Waals surface area contributed by atoms with E-state index < -0.39 is 60.6 Å². The van der Waals surface area contributed by atoms with E-state index in [0.29, 0.717) is 5.75 Å². The number of benzene rings is 2. The molecule has 2 aromatic rings. The van der Waals surface area contributed by atoms with Crippen molar-refractivity contribution < 1.29 is 39.5 Å². The fourth-order valence-electron chi connectivity index (χ4n) is 2.44. The summed E-state index contributed by atoms with van der Waals surface area (Å²) in [6, 6.07) is 6.27. The molecule has 162 valence electrons. The molecule has 8 nitrogen and oxygen atoms in total. The number of rotatable bonds is 6. The first-order valence-electron chi connectivity index (χ1n) is 9.21. The molecule has 0 atom stereocenters. The Morgan fingerprint density at radius 2 is 1.23 bits per heavy atom. The average Bonchev–Trinajstić information content (AvgIpc) is 2.64. The highest BCUT2D eigenvalue weighted by Gasteiger charge is 2.39. The van der Waals surface area contributed by atoms with E-state index in [4.69, 9.17) is 4.43 Å².